The average Bonchev–Trinajstić information content (AvgIpc) is 3.32. The lowest BCUT2D eigenvalue weighted by molar-refractivity contribution is 0.385. The monoisotopic (exact) mass is 1150 g/mol. The van der Waals surface area contributed by atoms with Crippen LogP contribution in [0.2, 0.25) is 0 Å². The maximum atomic E-state index is 12.6. The second-order valence-electron chi connectivity index (χ2n) is 18.7. The van der Waals surface area contributed by atoms with Crippen LogP contribution in [0.3, 0.4) is 0 Å². The highest BCUT2D eigenvalue weighted by molar-refractivity contribution is 8.11. The molecule has 0 aliphatic heterocycles. The minimum Gasteiger partial charge on any atom is -0.744 e. The molecule has 6 atom stereocenters. The maximum absolute atomic E-state index is 12.6. The van der Waals surface area contributed by atoms with Crippen LogP contribution in [-0.2, 0) is 60.2 Å². The Morgan fingerprint density at radius 3 is 0.893 bits per heavy atom. The van der Waals surface area contributed by atoms with E-state index in [1.54, 1.807) is 12.1 Å². The fourth-order valence-corrected chi connectivity index (χ4v) is 12.6. The zero-order valence-electron chi connectivity index (χ0n) is 40.3. The van der Waals surface area contributed by atoms with Crippen LogP contribution in [0.25, 0.3) is 0 Å². The van der Waals surface area contributed by atoms with Crippen molar-refractivity contribution in [1.82, 2.24) is 0 Å². The Hall–Kier alpha value is -5.19. The van der Waals surface area contributed by atoms with E-state index in [0.717, 1.165) is 0 Å². The topological polar surface area (TPSA) is 335 Å². The van der Waals surface area contributed by atoms with Crippen LogP contribution < -0.4 is 0 Å². The molecule has 0 saturated carbocycles. The van der Waals surface area contributed by atoms with E-state index < -0.39 is 103 Å². The van der Waals surface area contributed by atoms with Gasteiger partial charge >= 0.3 is 0 Å². The Bertz CT molecular complexity index is 3610. The Balaban J connectivity index is 1.53. The number of sulfone groups is 1. The van der Waals surface area contributed by atoms with Gasteiger partial charge in [-0.25, -0.2) is 12.6 Å². The van der Waals surface area contributed by atoms with Crippen LogP contribution in [0.15, 0.2) is 175 Å². The molecule has 6 unspecified atom stereocenters. The molecule has 0 aliphatic carbocycles. The number of hydrogen-bond acceptors (Lipinski definition) is 13. The van der Waals surface area contributed by atoms with Gasteiger partial charge in [-0.1, -0.05) is 86.6 Å². The smallest absolute Gasteiger partial charge is 0.294 e. The molecule has 5 N–H and O–H groups in total. The van der Waals surface area contributed by atoms with E-state index in [4.69, 9.17) is 0 Å². The first-order valence-corrected chi connectivity index (χ1v) is 32.2. The first kappa shape index (κ1) is 59.1. The summed E-state index contributed by atoms with van der Waals surface area (Å²) in [6.07, 6.45) is 4.68. The lowest BCUT2D eigenvalue weighted by Crippen LogP contribution is -2.27. The highest BCUT2D eigenvalue weighted by Crippen LogP contribution is 2.47. The Morgan fingerprint density at radius 2 is 0.640 bits per heavy atom. The molecular weight excluding hydrogens is 1090 g/mol. The van der Waals surface area contributed by atoms with Gasteiger partial charge in [0.05, 0.1) is 39.0 Å². The summed E-state index contributed by atoms with van der Waals surface area (Å²) in [5, 5.41) is 0. The second kappa shape index (κ2) is 22.4. The molecule has 24 heteroatoms. The molecule has 0 aliphatic rings. The summed E-state index contributed by atoms with van der Waals surface area (Å²) in [6, 6.07) is 32.8. The third kappa shape index (κ3) is 15.9. The number of rotatable bonds is 23. The summed E-state index contributed by atoms with van der Waals surface area (Å²) in [4.78, 5) is -2.48. The van der Waals surface area contributed by atoms with Gasteiger partial charge in [0.25, 0.3) is 40.5 Å². The van der Waals surface area contributed by atoms with Gasteiger partial charge in [0.15, 0.2) is 0 Å². The van der Waals surface area contributed by atoms with Crippen molar-refractivity contribution in [1.29, 1.82) is 0 Å². The molecule has 0 fully saturated rings. The first-order valence-electron chi connectivity index (χ1n) is 23.0. The molecule has 0 saturated heterocycles. The van der Waals surface area contributed by atoms with E-state index in [0.29, 0.717) is 52.6 Å². The maximum Gasteiger partial charge on any atom is 0.294 e. The van der Waals surface area contributed by atoms with Crippen molar-refractivity contribution < 1.29 is 78.2 Å². The van der Waals surface area contributed by atoms with E-state index in [-0.39, 0.29) is 40.9 Å². The van der Waals surface area contributed by atoms with E-state index >= 15 is 0 Å². The zero-order valence-corrected chi connectivity index (χ0v) is 45.2. The Kier molecular flexibility index (Phi) is 17.7. The van der Waals surface area contributed by atoms with Crippen molar-refractivity contribution in [3.05, 3.63) is 185 Å². The molecule has 0 aromatic heterocycles. The minimum atomic E-state index is -5.71. The second-order valence-corrected chi connectivity index (χ2v) is 28.2. The lowest BCUT2D eigenvalue weighted by atomic mass is 9.72. The molecule has 6 rings (SSSR count). The van der Waals surface area contributed by atoms with Gasteiger partial charge in [-0.3, -0.25) is 18.2 Å². The molecule has 0 spiro atoms. The lowest BCUT2D eigenvalue weighted by Gasteiger charge is -2.33. The van der Waals surface area contributed by atoms with Crippen LogP contribution >= 0.6 is 0 Å². The van der Waals surface area contributed by atoms with Crippen molar-refractivity contribution in [2.24, 2.45) is 0 Å². The van der Waals surface area contributed by atoms with Crippen LogP contribution in [0.5, 0.6) is 0 Å². The molecule has 0 bridgehead atoms. The van der Waals surface area contributed by atoms with Crippen molar-refractivity contribution in [2.45, 2.75) is 117 Å². The van der Waals surface area contributed by atoms with Crippen molar-refractivity contribution in [2.75, 3.05) is 0 Å². The molecule has 6 aromatic rings. The van der Waals surface area contributed by atoms with Crippen molar-refractivity contribution >= 4 is 60.2 Å². The minimum absolute atomic E-state index is 0.179. The largest absolute Gasteiger partial charge is 0.744 e. The predicted octanol–water partition coefficient (Wildman–Crippen LogP) is 9.53. The first-order chi connectivity index (χ1) is 34.6. The van der Waals surface area contributed by atoms with Gasteiger partial charge in [0, 0.05) is 0 Å². The van der Waals surface area contributed by atoms with Crippen LogP contribution in [0, 0.1) is 6.26 Å². The summed E-state index contributed by atoms with van der Waals surface area (Å²) in [5.74, 6) is -2.90. The predicted molar refractivity (Wildman–Crippen MR) is 277 cm³/mol. The summed E-state index contributed by atoms with van der Waals surface area (Å²) >= 11 is 0. The van der Waals surface area contributed by atoms with E-state index in [1.807, 2.05) is 13.8 Å². The molecule has 18 nitrogen and oxygen atoms in total. The number of benzene rings is 6. The van der Waals surface area contributed by atoms with Gasteiger partial charge in [-0.15, -0.1) is 0 Å². The SMILES string of the molecule is [CH2+]S(=O)([O-])(O)c1ccc(C(CC(C)c2ccc(S(=O)(=O)O)cc2)CC(CC(CC(CC(CC)c2ccc(S(=O)(=O)O)cc2)c2ccc(S(=O)(=O)[O-])cc2)c2ccc(S(=O)(=O)O)cc2)c2ccc(S(=O)(=O)O)cc2)cc1. The van der Waals surface area contributed by atoms with Gasteiger partial charge in [-0.2, -0.15) is 33.7 Å². The fraction of sp³-hybridized carbons (Fsp3) is 0.275. The molecule has 0 amide bonds. The Morgan fingerprint density at radius 1 is 0.413 bits per heavy atom. The van der Waals surface area contributed by atoms with Crippen LogP contribution in [0.1, 0.15) is 121 Å². The fourth-order valence-electron chi connectivity index (χ4n) is 9.57. The normalized spacial score (nSPS) is 15.9. The van der Waals surface area contributed by atoms with E-state index in [2.05, 4.69) is 6.26 Å². The van der Waals surface area contributed by atoms with E-state index in [1.165, 1.54) is 133 Å². The summed E-state index contributed by atoms with van der Waals surface area (Å²) < 4.78 is 208. The molecule has 0 radical (unpaired) electrons. The standard InChI is InChI=1S/C51H56O18S6/c1-4-35(37-7-19-47(20-8-37)71(55,56)57)30-43(38-9-21-48(22-10-38)72(58,59)60)32-45(40-13-25-50(26-14-40)74(64,65)66)33-44(39-11-23-49(24-12-39)73(61,62)63)31-42(41-15-27-51(28-16-41)75(3,67,68)69)29-34(2)36-5-17-46(18-6-36)70(52,53)54/h5-28,34-35,42-45H,3-4,29-33H2,1-2H3,(H6-,52,53,54,55,56,57,58,59,60,61,62,63,64,65,66,67,68,69)/p-1. The van der Waals surface area contributed by atoms with Crippen molar-refractivity contribution in [3.63, 3.8) is 0 Å². The van der Waals surface area contributed by atoms with Gasteiger partial charge in [-0.05, 0) is 180 Å². The molecule has 6 aromatic carbocycles. The number of hydrogen-bond donors (Lipinski definition) is 5. The quantitative estimate of drug-likeness (QED) is 0.0294. The molecule has 75 heavy (non-hydrogen) atoms. The highest BCUT2D eigenvalue weighted by Gasteiger charge is 2.31. The third-order valence-corrected chi connectivity index (χ3v) is 19.1. The third-order valence-electron chi connectivity index (χ3n) is 13.6. The summed E-state index contributed by atoms with van der Waals surface area (Å²) in [5.41, 5.74) is 3.61. The summed E-state index contributed by atoms with van der Waals surface area (Å²) in [7, 11) is -29.0. The van der Waals surface area contributed by atoms with Crippen LogP contribution in [0.4, 0.5) is 0 Å². The molecule has 404 valence electrons. The van der Waals surface area contributed by atoms with E-state index in [9.17, 15) is 78.2 Å². The van der Waals surface area contributed by atoms with Gasteiger partial charge in [0.2, 0.25) is 0 Å². The zero-order chi connectivity index (χ0) is 55.6. The van der Waals surface area contributed by atoms with Gasteiger partial charge < -0.3 is 13.7 Å². The van der Waals surface area contributed by atoms with Gasteiger partial charge in [0.1, 0.15) is 16.4 Å². The molecular formula is C51H55O18S6-. The highest BCUT2D eigenvalue weighted by atomic mass is 32.3. The van der Waals surface area contributed by atoms with Crippen LogP contribution in [-0.4, -0.2) is 78.2 Å². The summed E-state index contributed by atoms with van der Waals surface area (Å²) in [6.45, 7) is 3.76. The average molecular weight is 1150 g/mol. The molecule has 0 heterocycles. The van der Waals surface area contributed by atoms with Crippen molar-refractivity contribution in [3.8, 4) is 0 Å². The Labute approximate surface area is 438 Å².